The number of hydrogen-bond donors (Lipinski definition) is 0. The van der Waals surface area contributed by atoms with Gasteiger partial charge in [-0.2, -0.15) is 4.21 Å². The van der Waals surface area contributed by atoms with Crippen molar-refractivity contribution in [3.8, 4) is 0 Å². The van der Waals surface area contributed by atoms with Crippen LogP contribution in [0.2, 0.25) is 0 Å². The van der Waals surface area contributed by atoms with Gasteiger partial charge in [0.15, 0.2) is 0 Å². The molecule has 17 heavy (non-hydrogen) atoms. The van der Waals surface area contributed by atoms with Crippen molar-refractivity contribution in [1.29, 1.82) is 0 Å². The Hall–Kier alpha value is 0.0700. The van der Waals surface area contributed by atoms with Crippen LogP contribution in [-0.4, -0.2) is 17.4 Å². The van der Waals surface area contributed by atoms with Gasteiger partial charge < -0.3 is 0 Å². The molecule has 4 heteroatoms. The first-order valence-electron chi connectivity index (χ1n) is 6.87. The highest BCUT2D eigenvalue weighted by atomic mass is 32.2. The van der Waals surface area contributed by atoms with E-state index in [0.29, 0.717) is 25.0 Å². The lowest BCUT2D eigenvalue weighted by molar-refractivity contribution is 0.189. The molecule has 1 aliphatic carbocycles. The van der Waals surface area contributed by atoms with E-state index in [1.807, 2.05) is 0 Å². The molecule has 0 N–H and O–H groups in total. The van der Waals surface area contributed by atoms with Crippen molar-refractivity contribution in [2.75, 3.05) is 13.2 Å². The molecule has 1 fully saturated rings. The minimum Gasteiger partial charge on any atom is -0.268 e. The SMILES string of the molecule is CC(C)CCCOS(=O)OCC1CCCCC1. The molecule has 0 aliphatic heterocycles. The average Bonchev–Trinajstić information content (AvgIpc) is 2.33. The molecule has 102 valence electrons. The van der Waals surface area contributed by atoms with Gasteiger partial charge in [0.25, 0.3) is 0 Å². The predicted molar refractivity (Wildman–Crippen MR) is 70.7 cm³/mol. The van der Waals surface area contributed by atoms with Gasteiger partial charge in [-0.3, -0.25) is 8.37 Å². The van der Waals surface area contributed by atoms with Crippen molar-refractivity contribution in [2.24, 2.45) is 11.8 Å². The highest BCUT2D eigenvalue weighted by Crippen LogP contribution is 2.23. The summed E-state index contributed by atoms with van der Waals surface area (Å²) in [5.41, 5.74) is 0. The first-order valence-corrected chi connectivity index (χ1v) is 7.87. The zero-order chi connectivity index (χ0) is 12.5. The van der Waals surface area contributed by atoms with Gasteiger partial charge in [-0.15, -0.1) is 0 Å². The average molecular weight is 262 g/mol. The van der Waals surface area contributed by atoms with Crippen LogP contribution in [0.4, 0.5) is 0 Å². The molecule has 3 nitrogen and oxygen atoms in total. The zero-order valence-corrected chi connectivity index (χ0v) is 12.0. The van der Waals surface area contributed by atoms with Gasteiger partial charge >= 0.3 is 11.4 Å². The maximum Gasteiger partial charge on any atom is 0.304 e. The molecule has 0 radical (unpaired) electrons. The molecule has 1 unspecified atom stereocenters. The lowest BCUT2D eigenvalue weighted by Crippen LogP contribution is -2.15. The highest BCUT2D eigenvalue weighted by molar-refractivity contribution is 7.75. The molecule has 0 bridgehead atoms. The normalized spacial score (nSPS) is 19.7. The summed E-state index contributed by atoms with van der Waals surface area (Å²) in [4.78, 5) is 0. The Labute approximate surface area is 108 Å². The summed E-state index contributed by atoms with van der Waals surface area (Å²) in [6.45, 7) is 5.49. The molecule has 0 spiro atoms. The molecular weight excluding hydrogens is 236 g/mol. The van der Waals surface area contributed by atoms with Gasteiger partial charge in [0, 0.05) is 0 Å². The second-order valence-electron chi connectivity index (χ2n) is 5.35. The summed E-state index contributed by atoms with van der Waals surface area (Å²) < 4.78 is 21.8. The van der Waals surface area contributed by atoms with Crippen molar-refractivity contribution < 1.29 is 12.6 Å². The van der Waals surface area contributed by atoms with E-state index in [1.54, 1.807) is 0 Å². The van der Waals surface area contributed by atoms with Crippen LogP contribution in [0.5, 0.6) is 0 Å². The lowest BCUT2D eigenvalue weighted by Gasteiger charge is -2.20. The van der Waals surface area contributed by atoms with Crippen molar-refractivity contribution >= 4 is 11.4 Å². The molecule has 1 saturated carbocycles. The third-order valence-corrected chi connectivity index (χ3v) is 3.92. The maximum atomic E-state index is 11.4. The molecule has 1 atom stereocenters. The lowest BCUT2D eigenvalue weighted by atomic mass is 9.90. The summed E-state index contributed by atoms with van der Waals surface area (Å²) >= 11 is -1.54. The van der Waals surface area contributed by atoms with Crippen LogP contribution in [-0.2, 0) is 19.7 Å². The first-order chi connectivity index (χ1) is 8.18. The molecule has 1 rings (SSSR count). The second kappa shape index (κ2) is 9.06. The van der Waals surface area contributed by atoms with E-state index in [-0.39, 0.29) is 0 Å². The Bertz CT molecular complexity index is 213. The molecule has 0 saturated heterocycles. The van der Waals surface area contributed by atoms with Gasteiger partial charge in [0.1, 0.15) is 0 Å². The van der Waals surface area contributed by atoms with E-state index in [0.717, 1.165) is 12.8 Å². The van der Waals surface area contributed by atoms with Crippen LogP contribution in [0.25, 0.3) is 0 Å². The van der Waals surface area contributed by atoms with Gasteiger partial charge in [-0.05, 0) is 37.5 Å². The quantitative estimate of drug-likeness (QED) is 0.627. The van der Waals surface area contributed by atoms with E-state index < -0.39 is 11.4 Å². The third kappa shape index (κ3) is 7.90. The summed E-state index contributed by atoms with van der Waals surface area (Å²) in [6, 6.07) is 0. The van der Waals surface area contributed by atoms with Crippen molar-refractivity contribution in [2.45, 2.75) is 58.8 Å². The second-order valence-corrected chi connectivity index (χ2v) is 6.23. The van der Waals surface area contributed by atoms with Gasteiger partial charge in [0.05, 0.1) is 13.2 Å². The summed E-state index contributed by atoms with van der Waals surface area (Å²) in [5, 5.41) is 0. The van der Waals surface area contributed by atoms with Crippen LogP contribution in [0.1, 0.15) is 58.8 Å². The standard InChI is InChI=1S/C13H26O3S/c1-12(2)7-6-10-15-17(14)16-11-13-8-4-3-5-9-13/h12-13H,3-11H2,1-2H3. The molecule has 0 aromatic carbocycles. The Balaban J connectivity index is 1.96. The first kappa shape index (κ1) is 15.1. The number of rotatable bonds is 8. The maximum absolute atomic E-state index is 11.4. The summed E-state index contributed by atoms with van der Waals surface area (Å²) in [7, 11) is 0. The summed E-state index contributed by atoms with van der Waals surface area (Å²) in [6.07, 6.45) is 8.40. The fourth-order valence-electron chi connectivity index (χ4n) is 2.16. The smallest absolute Gasteiger partial charge is 0.268 e. The van der Waals surface area contributed by atoms with Crippen LogP contribution < -0.4 is 0 Å². The van der Waals surface area contributed by atoms with Crippen molar-refractivity contribution in [1.82, 2.24) is 0 Å². The molecule has 0 amide bonds. The number of hydrogen-bond acceptors (Lipinski definition) is 3. The monoisotopic (exact) mass is 262 g/mol. The summed E-state index contributed by atoms with van der Waals surface area (Å²) in [5.74, 6) is 1.27. The third-order valence-electron chi connectivity index (χ3n) is 3.23. The van der Waals surface area contributed by atoms with Crippen molar-refractivity contribution in [3.05, 3.63) is 0 Å². The molecule has 0 aromatic heterocycles. The fourth-order valence-corrected chi connectivity index (χ4v) is 2.78. The van der Waals surface area contributed by atoms with Crippen LogP contribution in [0.3, 0.4) is 0 Å². The van der Waals surface area contributed by atoms with Gasteiger partial charge in [0.2, 0.25) is 0 Å². The Morgan fingerprint density at radius 1 is 1.18 bits per heavy atom. The Morgan fingerprint density at radius 3 is 2.53 bits per heavy atom. The van der Waals surface area contributed by atoms with Crippen molar-refractivity contribution in [3.63, 3.8) is 0 Å². The molecule has 0 heterocycles. The minimum atomic E-state index is -1.54. The zero-order valence-electron chi connectivity index (χ0n) is 11.2. The minimum absolute atomic E-state index is 0.537. The molecular formula is C13H26O3S. The van der Waals surface area contributed by atoms with Gasteiger partial charge in [-0.25, -0.2) is 0 Å². The topological polar surface area (TPSA) is 35.5 Å². The van der Waals surface area contributed by atoms with E-state index in [1.165, 1.54) is 32.1 Å². The van der Waals surface area contributed by atoms with Gasteiger partial charge in [-0.1, -0.05) is 33.1 Å². The molecule has 1 aliphatic rings. The van der Waals surface area contributed by atoms with E-state index >= 15 is 0 Å². The predicted octanol–water partition coefficient (Wildman–Crippen LogP) is 3.61. The molecule has 0 aromatic rings. The van der Waals surface area contributed by atoms with E-state index in [4.69, 9.17) is 8.37 Å². The van der Waals surface area contributed by atoms with E-state index in [9.17, 15) is 4.21 Å². The van der Waals surface area contributed by atoms with Crippen LogP contribution in [0, 0.1) is 11.8 Å². The Kier molecular flexibility index (Phi) is 8.06. The van der Waals surface area contributed by atoms with Crippen LogP contribution >= 0.6 is 0 Å². The Morgan fingerprint density at radius 2 is 1.88 bits per heavy atom. The highest BCUT2D eigenvalue weighted by Gasteiger charge is 2.15. The van der Waals surface area contributed by atoms with Crippen LogP contribution in [0.15, 0.2) is 0 Å². The fraction of sp³-hybridized carbons (Fsp3) is 1.00. The largest absolute Gasteiger partial charge is 0.304 e. The van der Waals surface area contributed by atoms with E-state index in [2.05, 4.69) is 13.8 Å².